The summed E-state index contributed by atoms with van der Waals surface area (Å²) >= 11 is 6.80. The van der Waals surface area contributed by atoms with Gasteiger partial charge in [-0.25, -0.2) is 0 Å². The third kappa shape index (κ3) is 3.62. The van der Waals surface area contributed by atoms with Gasteiger partial charge >= 0.3 is 0 Å². The lowest BCUT2D eigenvalue weighted by molar-refractivity contribution is 0.302. The van der Waals surface area contributed by atoms with Gasteiger partial charge in [-0.15, -0.1) is 12.4 Å². The minimum Gasteiger partial charge on any atom is -0.506 e. The monoisotopic (exact) mass is 397 g/mol. The average Bonchev–Trinajstić information content (AvgIpc) is 2.34. The van der Waals surface area contributed by atoms with Crippen LogP contribution in [0.4, 0.5) is 0 Å². The quantitative estimate of drug-likeness (QED) is 0.741. The van der Waals surface area contributed by atoms with Crippen LogP contribution in [-0.4, -0.2) is 5.11 Å². The molecule has 1 atom stereocenters. The van der Waals surface area contributed by atoms with Gasteiger partial charge in [-0.05, 0) is 46.8 Å². The molecule has 1 aromatic carbocycles. The van der Waals surface area contributed by atoms with Crippen LogP contribution in [0.3, 0.4) is 0 Å². The molecule has 0 heterocycles. The van der Waals surface area contributed by atoms with Crippen molar-refractivity contribution in [2.45, 2.75) is 38.1 Å². The number of aromatic hydroxyl groups is 1. The fourth-order valence-corrected chi connectivity index (χ4v) is 3.85. The van der Waals surface area contributed by atoms with Gasteiger partial charge in [0.2, 0.25) is 0 Å². The first-order chi connectivity index (χ1) is 8.09. The van der Waals surface area contributed by atoms with E-state index in [2.05, 4.69) is 31.9 Å². The molecule has 102 valence electrons. The fraction of sp³-hybridized carbons (Fsp3) is 0.538. The van der Waals surface area contributed by atoms with E-state index in [0.717, 1.165) is 10.0 Å². The standard InChI is InChI=1S/C13H17Br2NO.ClH/c14-9-6-10(13(17)11(15)7-9)12(16)8-4-2-1-3-5-8;/h6-8,12,17H,1-5,16H2;1H/t12-;/m0./s1. The molecule has 2 nitrogen and oxygen atoms in total. The van der Waals surface area contributed by atoms with Crippen molar-refractivity contribution in [2.75, 3.05) is 0 Å². The molecule has 0 spiro atoms. The van der Waals surface area contributed by atoms with Crippen LogP contribution in [0.2, 0.25) is 0 Å². The van der Waals surface area contributed by atoms with Crippen molar-refractivity contribution in [1.82, 2.24) is 0 Å². The van der Waals surface area contributed by atoms with Crippen molar-refractivity contribution in [2.24, 2.45) is 11.7 Å². The molecule has 0 bridgehead atoms. The first-order valence-corrected chi connectivity index (χ1v) is 7.61. The molecule has 1 aliphatic rings. The Labute approximate surface area is 131 Å². The van der Waals surface area contributed by atoms with E-state index in [4.69, 9.17) is 5.73 Å². The summed E-state index contributed by atoms with van der Waals surface area (Å²) in [5.41, 5.74) is 7.15. The summed E-state index contributed by atoms with van der Waals surface area (Å²) in [4.78, 5) is 0. The van der Waals surface area contributed by atoms with E-state index in [9.17, 15) is 5.11 Å². The van der Waals surface area contributed by atoms with Crippen LogP contribution in [0.1, 0.15) is 43.7 Å². The van der Waals surface area contributed by atoms with Crippen LogP contribution in [-0.2, 0) is 0 Å². The van der Waals surface area contributed by atoms with Gasteiger partial charge < -0.3 is 10.8 Å². The molecule has 0 radical (unpaired) electrons. The zero-order valence-electron chi connectivity index (χ0n) is 10.0. The van der Waals surface area contributed by atoms with Crippen LogP contribution >= 0.6 is 44.3 Å². The molecular formula is C13H18Br2ClNO. The Morgan fingerprint density at radius 1 is 1.17 bits per heavy atom. The Morgan fingerprint density at radius 2 is 1.78 bits per heavy atom. The second-order valence-electron chi connectivity index (χ2n) is 4.75. The zero-order chi connectivity index (χ0) is 12.4. The minimum atomic E-state index is -0.0656. The summed E-state index contributed by atoms with van der Waals surface area (Å²) in [6.45, 7) is 0. The van der Waals surface area contributed by atoms with E-state index < -0.39 is 0 Å². The molecule has 0 saturated heterocycles. The third-order valence-electron chi connectivity index (χ3n) is 3.57. The molecule has 2 rings (SSSR count). The summed E-state index contributed by atoms with van der Waals surface area (Å²) in [5.74, 6) is 0.780. The second-order valence-corrected chi connectivity index (χ2v) is 6.52. The molecule has 1 aromatic rings. The molecule has 0 aliphatic heterocycles. The number of halogens is 3. The van der Waals surface area contributed by atoms with Crippen LogP contribution in [0.5, 0.6) is 5.75 Å². The summed E-state index contributed by atoms with van der Waals surface area (Å²) < 4.78 is 1.65. The van der Waals surface area contributed by atoms with Gasteiger partial charge in [-0.2, -0.15) is 0 Å². The van der Waals surface area contributed by atoms with Gasteiger partial charge in [0.05, 0.1) is 4.47 Å². The predicted molar refractivity (Wildman–Crippen MR) is 84.3 cm³/mol. The summed E-state index contributed by atoms with van der Waals surface area (Å²) in [7, 11) is 0. The van der Waals surface area contributed by atoms with Crippen molar-refractivity contribution in [3.8, 4) is 5.75 Å². The van der Waals surface area contributed by atoms with E-state index in [1.54, 1.807) is 0 Å². The van der Waals surface area contributed by atoms with Gasteiger partial charge in [0.25, 0.3) is 0 Å². The minimum absolute atomic E-state index is 0. The maximum absolute atomic E-state index is 10.1. The van der Waals surface area contributed by atoms with E-state index in [1.807, 2.05) is 12.1 Å². The summed E-state index contributed by atoms with van der Waals surface area (Å²) in [6, 6.07) is 3.70. The molecule has 1 aliphatic carbocycles. The Bertz CT molecular complexity index is 408. The summed E-state index contributed by atoms with van der Waals surface area (Å²) in [5, 5.41) is 10.1. The van der Waals surface area contributed by atoms with Gasteiger partial charge in [0, 0.05) is 16.1 Å². The molecule has 0 unspecified atom stereocenters. The van der Waals surface area contributed by atoms with Crippen molar-refractivity contribution >= 4 is 44.3 Å². The highest BCUT2D eigenvalue weighted by atomic mass is 79.9. The van der Waals surface area contributed by atoms with Gasteiger partial charge in [0.1, 0.15) is 5.75 Å². The molecule has 18 heavy (non-hydrogen) atoms. The molecule has 1 saturated carbocycles. The lowest BCUT2D eigenvalue weighted by Crippen LogP contribution is -2.23. The number of hydrogen-bond acceptors (Lipinski definition) is 2. The third-order valence-corrected chi connectivity index (χ3v) is 4.64. The number of benzene rings is 1. The Morgan fingerprint density at radius 3 is 2.39 bits per heavy atom. The highest BCUT2D eigenvalue weighted by molar-refractivity contribution is 9.11. The first-order valence-electron chi connectivity index (χ1n) is 6.03. The largest absolute Gasteiger partial charge is 0.506 e. The topological polar surface area (TPSA) is 46.2 Å². The Kier molecular flexibility index (Phi) is 6.45. The van der Waals surface area contributed by atoms with Crippen molar-refractivity contribution in [1.29, 1.82) is 0 Å². The van der Waals surface area contributed by atoms with Crippen LogP contribution < -0.4 is 5.73 Å². The van der Waals surface area contributed by atoms with Gasteiger partial charge in [0.15, 0.2) is 0 Å². The Hall–Kier alpha value is 0.230. The molecule has 3 N–H and O–H groups in total. The van der Waals surface area contributed by atoms with E-state index in [1.165, 1.54) is 32.1 Å². The Balaban J connectivity index is 0.00000162. The SMILES string of the molecule is Cl.N[C@H](c1cc(Br)cc(Br)c1O)C1CCCCC1. The molecule has 5 heteroatoms. The maximum atomic E-state index is 10.1. The van der Waals surface area contributed by atoms with Crippen molar-refractivity contribution in [3.63, 3.8) is 0 Å². The lowest BCUT2D eigenvalue weighted by Gasteiger charge is -2.28. The van der Waals surface area contributed by atoms with Crippen LogP contribution in [0.15, 0.2) is 21.1 Å². The zero-order valence-corrected chi connectivity index (χ0v) is 14.0. The van der Waals surface area contributed by atoms with Gasteiger partial charge in [-0.1, -0.05) is 35.2 Å². The number of nitrogens with two attached hydrogens (primary N) is 1. The molecule has 1 fully saturated rings. The highest BCUT2D eigenvalue weighted by Crippen LogP contribution is 2.40. The highest BCUT2D eigenvalue weighted by Gasteiger charge is 2.24. The maximum Gasteiger partial charge on any atom is 0.134 e. The average molecular weight is 400 g/mol. The summed E-state index contributed by atoms with van der Waals surface area (Å²) in [6.07, 6.45) is 6.18. The number of phenols is 1. The van der Waals surface area contributed by atoms with E-state index >= 15 is 0 Å². The lowest BCUT2D eigenvalue weighted by atomic mass is 9.81. The van der Waals surface area contributed by atoms with E-state index in [0.29, 0.717) is 10.4 Å². The van der Waals surface area contributed by atoms with Crippen LogP contribution in [0, 0.1) is 5.92 Å². The van der Waals surface area contributed by atoms with E-state index in [-0.39, 0.29) is 24.2 Å². The fourth-order valence-electron chi connectivity index (χ4n) is 2.59. The van der Waals surface area contributed by atoms with Crippen molar-refractivity contribution < 1.29 is 5.11 Å². The first kappa shape index (κ1) is 16.3. The number of rotatable bonds is 2. The second kappa shape index (κ2) is 7.13. The van der Waals surface area contributed by atoms with Crippen molar-refractivity contribution in [3.05, 3.63) is 26.6 Å². The molecule has 0 aromatic heterocycles. The van der Waals surface area contributed by atoms with Crippen LogP contribution in [0.25, 0.3) is 0 Å². The van der Waals surface area contributed by atoms with Gasteiger partial charge in [-0.3, -0.25) is 0 Å². The predicted octanol–water partition coefficient (Wildman–Crippen LogP) is 4.92. The normalized spacial score (nSPS) is 18.2. The molecular weight excluding hydrogens is 381 g/mol. The number of hydrogen-bond donors (Lipinski definition) is 2. The molecule has 0 amide bonds. The number of phenolic OH excluding ortho intramolecular Hbond substituents is 1. The smallest absolute Gasteiger partial charge is 0.134 e.